The Labute approximate surface area is 172 Å². The molecule has 1 fully saturated rings. The van der Waals surface area contributed by atoms with Gasteiger partial charge in [0, 0.05) is 26.2 Å². The number of hydrogen-bond acceptors (Lipinski definition) is 5. The van der Waals surface area contributed by atoms with Gasteiger partial charge in [-0.25, -0.2) is 9.38 Å². The number of hydrogen-bond donors (Lipinski definition) is 0. The van der Waals surface area contributed by atoms with Crippen molar-refractivity contribution in [3.05, 3.63) is 86.2 Å². The van der Waals surface area contributed by atoms with Gasteiger partial charge >= 0.3 is 0 Å². The summed E-state index contributed by atoms with van der Waals surface area (Å²) in [5, 5.41) is 0.837. The van der Waals surface area contributed by atoms with Crippen molar-refractivity contribution in [1.82, 2.24) is 18.9 Å². The van der Waals surface area contributed by atoms with Crippen LogP contribution >= 0.6 is 0 Å². The number of para-hydroxylation sites is 1. The molecule has 3 heterocycles. The molecule has 0 spiro atoms. The summed E-state index contributed by atoms with van der Waals surface area (Å²) in [6.45, 7) is 4.25. The van der Waals surface area contributed by atoms with Crippen molar-refractivity contribution >= 4 is 22.8 Å². The zero-order chi connectivity index (χ0) is 20.5. The molecule has 152 valence electrons. The van der Waals surface area contributed by atoms with Gasteiger partial charge in [-0.05, 0) is 23.8 Å². The number of nitrogens with zero attached hydrogens (tertiary/aromatic N) is 4. The van der Waals surface area contributed by atoms with E-state index in [1.807, 2.05) is 42.5 Å². The molecule has 2 aromatic heterocycles. The lowest BCUT2D eigenvalue weighted by atomic mass is 10.2. The SMILES string of the molecule is O=c1/c(=C\c2ccccc2)n2c(=O)c3ccccc3nc2n1CCN1CCOCC1. The minimum Gasteiger partial charge on any atom is -0.379 e. The molecular weight excluding hydrogens is 380 g/mol. The van der Waals surface area contributed by atoms with Crippen molar-refractivity contribution in [2.45, 2.75) is 6.54 Å². The van der Waals surface area contributed by atoms with Crippen LogP contribution in [0.15, 0.2) is 64.2 Å². The van der Waals surface area contributed by atoms with Crippen molar-refractivity contribution in [3.63, 3.8) is 0 Å². The Hall–Kier alpha value is -3.29. The maximum absolute atomic E-state index is 13.4. The van der Waals surface area contributed by atoms with Crippen LogP contribution in [0.2, 0.25) is 0 Å². The maximum atomic E-state index is 13.4. The van der Waals surface area contributed by atoms with E-state index in [4.69, 9.17) is 4.74 Å². The smallest absolute Gasteiger partial charge is 0.277 e. The second kappa shape index (κ2) is 7.85. The van der Waals surface area contributed by atoms with Crippen LogP contribution in [0.5, 0.6) is 0 Å². The molecule has 0 N–H and O–H groups in total. The van der Waals surface area contributed by atoms with Crippen LogP contribution in [-0.4, -0.2) is 51.7 Å². The summed E-state index contributed by atoms with van der Waals surface area (Å²) in [4.78, 5) is 33.6. The van der Waals surface area contributed by atoms with E-state index in [1.165, 1.54) is 4.40 Å². The Morgan fingerprint density at radius 1 is 0.900 bits per heavy atom. The van der Waals surface area contributed by atoms with E-state index in [0.29, 0.717) is 48.3 Å². The molecule has 0 amide bonds. The lowest BCUT2D eigenvalue weighted by Gasteiger charge is -2.26. The quantitative estimate of drug-likeness (QED) is 0.507. The minimum atomic E-state index is -0.222. The number of rotatable bonds is 4. The van der Waals surface area contributed by atoms with E-state index in [9.17, 15) is 9.59 Å². The summed E-state index contributed by atoms with van der Waals surface area (Å²) in [7, 11) is 0. The molecule has 0 bridgehead atoms. The van der Waals surface area contributed by atoms with Gasteiger partial charge in [-0.1, -0.05) is 42.5 Å². The summed E-state index contributed by atoms with van der Waals surface area (Å²) < 4.78 is 8.49. The highest BCUT2D eigenvalue weighted by Gasteiger charge is 2.17. The molecule has 7 heteroatoms. The van der Waals surface area contributed by atoms with Crippen molar-refractivity contribution in [3.8, 4) is 0 Å². The van der Waals surface area contributed by atoms with Gasteiger partial charge in [-0.2, -0.15) is 0 Å². The summed E-state index contributed by atoms with van der Waals surface area (Å²) in [6.07, 6.45) is 1.76. The van der Waals surface area contributed by atoms with Crippen LogP contribution in [0.4, 0.5) is 0 Å². The maximum Gasteiger partial charge on any atom is 0.277 e. The lowest BCUT2D eigenvalue weighted by molar-refractivity contribution is 0.0364. The highest BCUT2D eigenvalue weighted by atomic mass is 16.5. The van der Waals surface area contributed by atoms with Crippen LogP contribution in [0.25, 0.3) is 22.8 Å². The Kier molecular flexibility index (Phi) is 4.90. The summed E-state index contributed by atoms with van der Waals surface area (Å²) in [6, 6.07) is 16.8. The summed E-state index contributed by atoms with van der Waals surface area (Å²) in [5.41, 5.74) is 1.03. The van der Waals surface area contributed by atoms with Gasteiger partial charge in [-0.3, -0.25) is 19.1 Å². The molecule has 0 aliphatic carbocycles. The van der Waals surface area contributed by atoms with Crippen molar-refractivity contribution in [1.29, 1.82) is 0 Å². The van der Waals surface area contributed by atoms with Crippen molar-refractivity contribution in [2.75, 3.05) is 32.8 Å². The van der Waals surface area contributed by atoms with Crippen LogP contribution in [0.3, 0.4) is 0 Å². The van der Waals surface area contributed by atoms with Gasteiger partial charge in [0.05, 0.1) is 24.1 Å². The number of imidazole rings is 1. The standard InChI is InChI=1S/C23H22N4O3/c28-21-18-8-4-5-9-19(18)24-23-26(11-10-25-12-14-30-15-13-25)22(29)20(27(21)23)16-17-6-2-1-3-7-17/h1-9,16H,10-15H2/b20-16+. The Morgan fingerprint density at radius 2 is 1.63 bits per heavy atom. The number of benzene rings is 2. The molecule has 7 nitrogen and oxygen atoms in total. The Balaban J connectivity index is 1.73. The monoisotopic (exact) mass is 402 g/mol. The second-order valence-corrected chi connectivity index (χ2v) is 7.42. The predicted molar refractivity (Wildman–Crippen MR) is 116 cm³/mol. The van der Waals surface area contributed by atoms with Gasteiger partial charge in [0.1, 0.15) is 5.35 Å². The third-order valence-electron chi connectivity index (χ3n) is 5.55. The van der Waals surface area contributed by atoms with Crippen LogP contribution < -0.4 is 16.5 Å². The Bertz CT molecular complexity index is 1370. The van der Waals surface area contributed by atoms with Crippen LogP contribution in [-0.2, 0) is 11.3 Å². The average molecular weight is 402 g/mol. The molecule has 0 radical (unpaired) electrons. The fourth-order valence-electron chi connectivity index (χ4n) is 3.95. The molecule has 1 saturated heterocycles. The molecular formula is C23H22N4O3. The number of morpholine rings is 1. The van der Waals surface area contributed by atoms with E-state index in [2.05, 4.69) is 9.88 Å². The highest BCUT2D eigenvalue weighted by molar-refractivity contribution is 5.79. The van der Waals surface area contributed by atoms with Gasteiger partial charge in [0.25, 0.3) is 11.1 Å². The zero-order valence-corrected chi connectivity index (χ0v) is 16.5. The van der Waals surface area contributed by atoms with Crippen LogP contribution in [0, 0.1) is 0 Å². The van der Waals surface area contributed by atoms with E-state index < -0.39 is 0 Å². The van der Waals surface area contributed by atoms with E-state index >= 15 is 0 Å². The Morgan fingerprint density at radius 3 is 2.43 bits per heavy atom. The van der Waals surface area contributed by atoms with Crippen LogP contribution in [0.1, 0.15) is 5.56 Å². The molecule has 0 saturated carbocycles. The fraction of sp³-hybridized carbons (Fsp3) is 0.261. The van der Waals surface area contributed by atoms with Gasteiger partial charge in [0.15, 0.2) is 0 Å². The first-order chi connectivity index (χ1) is 14.7. The summed E-state index contributed by atoms with van der Waals surface area (Å²) in [5.74, 6) is 0.388. The molecule has 0 atom stereocenters. The summed E-state index contributed by atoms with van der Waals surface area (Å²) >= 11 is 0. The minimum absolute atomic E-state index is 0.202. The number of ether oxygens (including phenoxy) is 1. The van der Waals surface area contributed by atoms with Gasteiger partial charge in [-0.15, -0.1) is 0 Å². The molecule has 1 aliphatic heterocycles. The first-order valence-corrected chi connectivity index (χ1v) is 10.1. The van der Waals surface area contributed by atoms with E-state index in [-0.39, 0.29) is 11.1 Å². The van der Waals surface area contributed by atoms with Crippen molar-refractivity contribution in [2.24, 2.45) is 0 Å². The topological polar surface area (TPSA) is 68.8 Å². The molecule has 5 rings (SSSR count). The molecule has 4 aromatic rings. The zero-order valence-electron chi connectivity index (χ0n) is 16.5. The number of fused-ring (bicyclic) bond motifs is 2. The first-order valence-electron chi connectivity index (χ1n) is 10.1. The molecule has 2 aromatic carbocycles. The third kappa shape index (κ3) is 3.32. The fourth-order valence-corrected chi connectivity index (χ4v) is 3.95. The first kappa shape index (κ1) is 18.7. The normalized spacial score (nSPS) is 15.9. The predicted octanol–water partition coefficient (Wildman–Crippen LogP) is 0.889. The largest absolute Gasteiger partial charge is 0.379 e. The third-order valence-corrected chi connectivity index (χ3v) is 5.55. The molecule has 1 aliphatic rings. The highest BCUT2D eigenvalue weighted by Crippen LogP contribution is 2.08. The van der Waals surface area contributed by atoms with Gasteiger partial charge < -0.3 is 4.74 Å². The lowest BCUT2D eigenvalue weighted by Crippen LogP contribution is -2.40. The van der Waals surface area contributed by atoms with Crippen molar-refractivity contribution < 1.29 is 4.74 Å². The average Bonchev–Trinajstić information content (AvgIpc) is 3.05. The van der Waals surface area contributed by atoms with E-state index in [1.54, 1.807) is 22.8 Å². The molecule has 0 unspecified atom stereocenters. The second-order valence-electron chi connectivity index (χ2n) is 7.42. The van der Waals surface area contributed by atoms with E-state index in [0.717, 1.165) is 18.7 Å². The molecule has 30 heavy (non-hydrogen) atoms. The van der Waals surface area contributed by atoms with Gasteiger partial charge in [0.2, 0.25) is 5.78 Å². The number of aromatic nitrogens is 3.